The average Bonchev–Trinajstić information content (AvgIpc) is 2.84. The highest BCUT2D eigenvalue weighted by atomic mass is 35.5. The van der Waals surface area contributed by atoms with E-state index in [0.29, 0.717) is 21.3 Å². The zero-order valence-electron chi connectivity index (χ0n) is 15.5. The number of benzene rings is 1. The number of carbonyl (C=O) groups excluding carboxylic acids is 2. The van der Waals surface area contributed by atoms with Crippen molar-refractivity contribution in [3.8, 4) is 0 Å². The molecule has 1 aromatic heterocycles. The molecule has 0 saturated carbocycles. The van der Waals surface area contributed by atoms with E-state index in [9.17, 15) is 9.59 Å². The van der Waals surface area contributed by atoms with Crippen LogP contribution in [-0.2, 0) is 13.0 Å². The van der Waals surface area contributed by atoms with Crippen LogP contribution in [0.15, 0.2) is 24.3 Å². The molecule has 1 aromatic carbocycles. The molecule has 1 aliphatic heterocycles. The minimum absolute atomic E-state index is 0.413. The third-order valence-electron chi connectivity index (χ3n) is 5.08. The van der Waals surface area contributed by atoms with Gasteiger partial charge in [-0.25, -0.2) is 4.79 Å². The van der Waals surface area contributed by atoms with Crippen LogP contribution < -0.4 is 16.4 Å². The lowest BCUT2D eigenvalue weighted by molar-refractivity contribution is -0.920. The van der Waals surface area contributed by atoms with Crippen LogP contribution in [0.4, 0.5) is 15.5 Å². The fraction of sp³-hybridized carbons (Fsp3) is 0.368. The van der Waals surface area contributed by atoms with Gasteiger partial charge in [0.2, 0.25) is 0 Å². The first-order chi connectivity index (χ1) is 12.8. The smallest absolute Gasteiger partial charge is 0.324 e. The van der Waals surface area contributed by atoms with Crippen molar-refractivity contribution >= 4 is 45.6 Å². The second-order valence-corrected chi connectivity index (χ2v) is 8.62. The number of hydrogen-bond acceptors (Lipinski definition) is 3. The summed E-state index contributed by atoms with van der Waals surface area (Å²) in [6, 6.07) is 6.41. The monoisotopic (exact) mass is 407 g/mol. The molecule has 1 aliphatic rings. The van der Waals surface area contributed by atoms with E-state index in [1.54, 1.807) is 24.3 Å². The number of nitrogens with two attached hydrogens (primary N) is 1. The molecule has 27 heavy (non-hydrogen) atoms. The van der Waals surface area contributed by atoms with Gasteiger partial charge in [0.25, 0.3) is 5.91 Å². The van der Waals surface area contributed by atoms with Gasteiger partial charge in [0.1, 0.15) is 11.5 Å². The Kier molecular flexibility index (Phi) is 5.74. The maximum Gasteiger partial charge on any atom is 0.324 e. The van der Waals surface area contributed by atoms with Gasteiger partial charge in [0.05, 0.1) is 30.6 Å². The maximum atomic E-state index is 12.4. The molecule has 0 aliphatic carbocycles. The van der Waals surface area contributed by atoms with E-state index in [-0.39, 0.29) is 0 Å². The van der Waals surface area contributed by atoms with Crippen molar-refractivity contribution < 1.29 is 14.1 Å². The number of rotatable bonds is 4. The third-order valence-corrected chi connectivity index (χ3v) is 6.46. The number of urea groups is 1. The molecule has 1 atom stereocenters. The summed E-state index contributed by atoms with van der Waals surface area (Å²) in [4.78, 5) is 25.6. The Morgan fingerprint density at radius 3 is 2.59 bits per heavy atom. The molecule has 3 rings (SSSR count). The summed E-state index contributed by atoms with van der Waals surface area (Å²) in [6.07, 6.45) is 1.79. The number of thiophene rings is 1. The Labute approximate surface area is 167 Å². The zero-order valence-corrected chi connectivity index (χ0v) is 17.0. The molecule has 0 radical (unpaired) electrons. The second-order valence-electron chi connectivity index (χ2n) is 7.08. The third kappa shape index (κ3) is 4.43. The van der Waals surface area contributed by atoms with Gasteiger partial charge in [-0.15, -0.1) is 11.3 Å². The van der Waals surface area contributed by atoms with Gasteiger partial charge < -0.3 is 15.5 Å². The van der Waals surface area contributed by atoms with Crippen molar-refractivity contribution in [3.63, 3.8) is 0 Å². The van der Waals surface area contributed by atoms with Crippen LogP contribution in [-0.4, -0.2) is 36.6 Å². The number of nitrogens with one attached hydrogen (secondary N) is 2. The minimum atomic E-state index is -0.498. The van der Waals surface area contributed by atoms with Gasteiger partial charge in [0.15, 0.2) is 0 Å². The molecule has 2 aromatic rings. The van der Waals surface area contributed by atoms with E-state index in [2.05, 4.69) is 24.6 Å². The standard InChI is InChI=1S/C19H23ClN4O2S/c1-3-24(2)10-4-5-14-15(11-24)27-18(16(14)17(21)25)23-19(26)22-13-8-6-12(20)7-9-13/h6-9H,3-5,10-11H2,1-2H3,(H3-,21,22,23,25,26)/p+1. The number of primary amides is 1. The first kappa shape index (κ1) is 19.7. The second kappa shape index (κ2) is 7.88. The molecule has 8 heteroatoms. The molecule has 4 N–H and O–H groups in total. The quantitative estimate of drug-likeness (QED) is 0.668. The summed E-state index contributed by atoms with van der Waals surface area (Å²) >= 11 is 7.31. The van der Waals surface area contributed by atoms with Crippen LogP contribution in [0.1, 0.15) is 34.1 Å². The lowest BCUT2D eigenvalue weighted by atomic mass is 10.1. The number of anilines is 2. The van der Waals surface area contributed by atoms with Crippen LogP contribution >= 0.6 is 22.9 Å². The molecule has 144 valence electrons. The molecular formula is C19H24ClN4O2S+. The molecule has 0 saturated heterocycles. The van der Waals surface area contributed by atoms with Crippen molar-refractivity contribution in [3.05, 3.63) is 45.3 Å². The summed E-state index contributed by atoms with van der Waals surface area (Å²) in [5.41, 5.74) is 7.71. The summed E-state index contributed by atoms with van der Waals surface area (Å²) in [7, 11) is 2.22. The summed E-state index contributed by atoms with van der Waals surface area (Å²) in [6.45, 7) is 5.10. The lowest BCUT2D eigenvalue weighted by Gasteiger charge is -2.31. The predicted octanol–water partition coefficient (Wildman–Crippen LogP) is 4.06. The van der Waals surface area contributed by atoms with Crippen LogP contribution in [0.3, 0.4) is 0 Å². The first-order valence-electron chi connectivity index (χ1n) is 8.93. The zero-order chi connectivity index (χ0) is 19.6. The molecule has 0 spiro atoms. The van der Waals surface area contributed by atoms with Gasteiger partial charge in [0, 0.05) is 17.1 Å². The number of nitrogens with zero attached hydrogens (tertiary/aromatic N) is 1. The largest absolute Gasteiger partial charge is 0.365 e. The van der Waals surface area contributed by atoms with Gasteiger partial charge in [-0.3, -0.25) is 10.1 Å². The Hall–Kier alpha value is -2.09. The number of hydrogen-bond donors (Lipinski definition) is 3. The van der Waals surface area contributed by atoms with E-state index in [4.69, 9.17) is 17.3 Å². The van der Waals surface area contributed by atoms with E-state index < -0.39 is 11.9 Å². The molecular weight excluding hydrogens is 384 g/mol. The van der Waals surface area contributed by atoms with Crippen molar-refractivity contribution in [2.24, 2.45) is 5.73 Å². The van der Waals surface area contributed by atoms with E-state index in [0.717, 1.165) is 47.4 Å². The predicted molar refractivity (Wildman–Crippen MR) is 111 cm³/mol. The number of amides is 3. The van der Waals surface area contributed by atoms with Crippen molar-refractivity contribution in [2.75, 3.05) is 30.8 Å². The van der Waals surface area contributed by atoms with Crippen LogP contribution in [0, 0.1) is 0 Å². The SMILES string of the molecule is CC[N+]1(C)CCCc2c(sc(NC(=O)Nc3ccc(Cl)cc3)c2C(N)=O)C1. The maximum absolute atomic E-state index is 12.4. The Morgan fingerprint density at radius 2 is 1.96 bits per heavy atom. The molecule has 0 fully saturated rings. The molecule has 1 unspecified atom stereocenters. The van der Waals surface area contributed by atoms with Crippen molar-refractivity contribution in [1.82, 2.24) is 0 Å². The molecule has 0 bridgehead atoms. The summed E-state index contributed by atoms with van der Waals surface area (Å²) < 4.78 is 0.919. The van der Waals surface area contributed by atoms with Crippen LogP contribution in [0.5, 0.6) is 0 Å². The van der Waals surface area contributed by atoms with Gasteiger partial charge in [-0.05, 0) is 43.2 Å². The van der Waals surface area contributed by atoms with E-state index in [1.807, 2.05) is 0 Å². The van der Waals surface area contributed by atoms with Gasteiger partial charge in [-0.2, -0.15) is 0 Å². The Bertz CT molecular complexity index is 865. The average molecular weight is 408 g/mol. The highest BCUT2D eigenvalue weighted by molar-refractivity contribution is 7.17. The first-order valence-corrected chi connectivity index (χ1v) is 10.1. The fourth-order valence-electron chi connectivity index (χ4n) is 3.38. The highest BCUT2D eigenvalue weighted by Gasteiger charge is 2.31. The molecule has 2 heterocycles. The van der Waals surface area contributed by atoms with E-state index >= 15 is 0 Å². The fourth-order valence-corrected chi connectivity index (χ4v) is 4.93. The van der Waals surface area contributed by atoms with E-state index in [1.165, 1.54) is 11.3 Å². The van der Waals surface area contributed by atoms with Crippen molar-refractivity contribution in [2.45, 2.75) is 26.3 Å². The van der Waals surface area contributed by atoms with Crippen LogP contribution in [0.2, 0.25) is 5.02 Å². The number of halogens is 1. The number of fused-ring (bicyclic) bond motifs is 1. The van der Waals surface area contributed by atoms with Gasteiger partial charge >= 0.3 is 6.03 Å². The number of quaternary nitrogens is 1. The minimum Gasteiger partial charge on any atom is -0.365 e. The lowest BCUT2D eigenvalue weighted by Crippen LogP contribution is -2.42. The molecule has 6 nitrogen and oxygen atoms in total. The van der Waals surface area contributed by atoms with Crippen LogP contribution in [0.25, 0.3) is 0 Å². The Balaban J connectivity index is 1.85. The summed E-state index contributed by atoms with van der Waals surface area (Å²) in [5, 5.41) is 6.66. The normalized spacial score (nSPS) is 19.1. The van der Waals surface area contributed by atoms with Gasteiger partial charge in [-0.1, -0.05) is 11.6 Å². The topological polar surface area (TPSA) is 84.2 Å². The number of carbonyl (C=O) groups is 2. The highest BCUT2D eigenvalue weighted by Crippen LogP contribution is 2.38. The summed E-state index contributed by atoms with van der Waals surface area (Å²) in [5.74, 6) is -0.498. The molecule has 3 amide bonds. The Morgan fingerprint density at radius 1 is 1.26 bits per heavy atom. The van der Waals surface area contributed by atoms with Crippen molar-refractivity contribution in [1.29, 1.82) is 0 Å².